The van der Waals surface area contributed by atoms with Gasteiger partial charge >= 0.3 is 0 Å². The Labute approximate surface area is 180 Å². The number of rotatable bonds is 5. The summed E-state index contributed by atoms with van der Waals surface area (Å²) < 4.78 is 0. The average Bonchev–Trinajstić information content (AvgIpc) is 3.41. The summed E-state index contributed by atoms with van der Waals surface area (Å²) in [6.07, 6.45) is 2.34. The van der Waals surface area contributed by atoms with E-state index in [1.54, 1.807) is 18.2 Å². The first-order valence-electron chi connectivity index (χ1n) is 8.85. The highest BCUT2D eigenvalue weighted by Crippen LogP contribution is 2.19. The Morgan fingerprint density at radius 2 is 1.79 bits per heavy atom. The minimum absolute atomic E-state index is 0. The van der Waals surface area contributed by atoms with Gasteiger partial charge in [0.25, 0.3) is 5.91 Å². The van der Waals surface area contributed by atoms with Crippen molar-refractivity contribution in [3.05, 3.63) is 47.9 Å². The lowest BCUT2D eigenvalue weighted by molar-refractivity contribution is 0.102. The number of nitrogens with two attached hydrogens (primary N) is 1. The Bertz CT molecular complexity index is 924. The van der Waals surface area contributed by atoms with Gasteiger partial charge in [-0.05, 0) is 49.2 Å². The van der Waals surface area contributed by atoms with Gasteiger partial charge in [-0.3, -0.25) is 9.89 Å². The van der Waals surface area contributed by atoms with Crippen molar-refractivity contribution in [1.82, 2.24) is 25.4 Å². The summed E-state index contributed by atoms with van der Waals surface area (Å²) in [5, 5.41) is 17.9. The van der Waals surface area contributed by atoms with E-state index >= 15 is 0 Å². The second-order valence-corrected chi connectivity index (χ2v) is 6.31. The minimum Gasteiger partial charge on any atom is -0.355 e. The van der Waals surface area contributed by atoms with Crippen LogP contribution < -0.4 is 16.0 Å². The van der Waals surface area contributed by atoms with Crippen LogP contribution in [0.4, 0.5) is 11.5 Å². The van der Waals surface area contributed by atoms with Crippen molar-refractivity contribution >= 4 is 42.2 Å². The van der Waals surface area contributed by atoms with Crippen molar-refractivity contribution < 1.29 is 4.79 Å². The van der Waals surface area contributed by atoms with Crippen LogP contribution in [0.5, 0.6) is 0 Å². The molecule has 0 atom stereocenters. The number of nitrogens with one attached hydrogen (secondary N) is 2. The summed E-state index contributed by atoms with van der Waals surface area (Å²) in [7, 11) is 0. The smallest absolute Gasteiger partial charge is 0.276 e. The number of amides is 1. The first-order chi connectivity index (χ1) is 13.2. The highest BCUT2D eigenvalue weighted by molar-refractivity contribution is 6.02. The molecule has 1 amide bonds. The van der Waals surface area contributed by atoms with E-state index in [1.807, 2.05) is 18.2 Å². The molecule has 1 aliphatic rings. The number of hydrogen-bond acceptors (Lipinski definition) is 7. The monoisotopic (exact) mass is 436 g/mol. The average molecular weight is 437 g/mol. The standard InChI is InChI=1S/C18H20N8O.2ClH/c19-11-15-21-17(25-23-15)12-3-5-13(6-4-12)20-18(27)14-7-8-16(24-22-14)26-9-1-2-10-26;;/h3-8H,1-2,9-11,19H2,(H,20,27)(H,21,23,25);2*1H. The highest BCUT2D eigenvalue weighted by Gasteiger charge is 2.15. The number of hydrogen-bond donors (Lipinski definition) is 3. The Morgan fingerprint density at radius 3 is 2.38 bits per heavy atom. The fraction of sp³-hybridized carbons (Fsp3) is 0.278. The molecule has 11 heteroatoms. The molecule has 2 aromatic heterocycles. The molecule has 0 spiro atoms. The zero-order valence-electron chi connectivity index (χ0n) is 15.5. The Kier molecular flexibility index (Phi) is 7.89. The first kappa shape index (κ1) is 22.5. The molecule has 1 fully saturated rings. The third-order valence-corrected chi connectivity index (χ3v) is 4.44. The molecule has 0 unspecified atom stereocenters. The molecule has 1 saturated heterocycles. The maximum atomic E-state index is 12.4. The van der Waals surface area contributed by atoms with Gasteiger partial charge in [-0.2, -0.15) is 5.10 Å². The van der Waals surface area contributed by atoms with Crippen LogP contribution in [-0.4, -0.2) is 44.4 Å². The number of nitrogens with zero attached hydrogens (tertiary/aromatic N) is 5. The molecule has 29 heavy (non-hydrogen) atoms. The van der Waals surface area contributed by atoms with Crippen molar-refractivity contribution in [1.29, 1.82) is 0 Å². The number of carbonyl (C=O) groups excluding carboxylic acids is 1. The Hall–Kier alpha value is -2.75. The van der Waals surface area contributed by atoms with Gasteiger partial charge in [-0.25, -0.2) is 4.98 Å². The van der Waals surface area contributed by atoms with E-state index in [1.165, 1.54) is 12.8 Å². The maximum absolute atomic E-state index is 12.4. The van der Waals surface area contributed by atoms with Gasteiger partial charge in [0.15, 0.2) is 17.3 Å². The van der Waals surface area contributed by atoms with Gasteiger partial charge in [0.1, 0.15) is 5.82 Å². The van der Waals surface area contributed by atoms with Crippen LogP contribution in [0, 0.1) is 0 Å². The van der Waals surface area contributed by atoms with Gasteiger partial charge in [-0.15, -0.1) is 35.0 Å². The molecule has 154 valence electrons. The molecular weight excluding hydrogens is 415 g/mol. The number of H-pyrrole nitrogens is 1. The lowest BCUT2D eigenvalue weighted by Crippen LogP contribution is -2.21. The quantitative estimate of drug-likeness (QED) is 0.560. The van der Waals surface area contributed by atoms with Crippen LogP contribution in [0.1, 0.15) is 29.2 Å². The second kappa shape index (κ2) is 10.1. The third kappa shape index (κ3) is 5.20. The molecule has 3 heterocycles. The number of aromatic nitrogens is 5. The molecule has 0 radical (unpaired) electrons. The maximum Gasteiger partial charge on any atom is 0.276 e. The van der Waals surface area contributed by atoms with Crippen LogP contribution >= 0.6 is 24.8 Å². The summed E-state index contributed by atoms with van der Waals surface area (Å²) in [6, 6.07) is 10.8. The van der Waals surface area contributed by atoms with Crippen molar-refractivity contribution in [3.63, 3.8) is 0 Å². The van der Waals surface area contributed by atoms with E-state index < -0.39 is 0 Å². The van der Waals surface area contributed by atoms with E-state index in [2.05, 4.69) is 35.6 Å². The molecule has 0 saturated carbocycles. The van der Waals surface area contributed by atoms with Gasteiger partial charge in [0.05, 0.1) is 6.54 Å². The second-order valence-electron chi connectivity index (χ2n) is 6.31. The first-order valence-corrected chi connectivity index (χ1v) is 8.85. The van der Waals surface area contributed by atoms with Crippen LogP contribution in [0.25, 0.3) is 11.4 Å². The largest absolute Gasteiger partial charge is 0.355 e. The van der Waals surface area contributed by atoms with Crippen LogP contribution in [0.3, 0.4) is 0 Å². The van der Waals surface area contributed by atoms with E-state index in [0.717, 1.165) is 24.5 Å². The van der Waals surface area contributed by atoms with Crippen LogP contribution in [0.15, 0.2) is 36.4 Å². The van der Waals surface area contributed by atoms with Crippen molar-refractivity contribution in [2.24, 2.45) is 5.73 Å². The van der Waals surface area contributed by atoms with E-state index in [-0.39, 0.29) is 36.4 Å². The summed E-state index contributed by atoms with van der Waals surface area (Å²) in [6.45, 7) is 2.28. The number of carbonyl (C=O) groups is 1. The molecular formula is C18H22Cl2N8O. The van der Waals surface area contributed by atoms with E-state index in [4.69, 9.17) is 5.73 Å². The predicted octanol–water partition coefficient (Wildman–Crippen LogP) is 2.42. The van der Waals surface area contributed by atoms with E-state index in [0.29, 0.717) is 23.9 Å². The fourth-order valence-corrected chi connectivity index (χ4v) is 2.97. The van der Waals surface area contributed by atoms with E-state index in [9.17, 15) is 4.79 Å². The van der Waals surface area contributed by atoms with Gasteiger partial charge in [0, 0.05) is 24.3 Å². The fourth-order valence-electron chi connectivity index (χ4n) is 2.97. The number of benzene rings is 1. The zero-order valence-corrected chi connectivity index (χ0v) is 17.2. The number of halogens is 2. The lowest BCUT2D eigenvalue weighted by atomic mass is 10.2. The molecule has 1 aliphatic heterocycles. The molecule has 9 nitrogen and oxygen atoms in total. The normalized spacial score (nSPS) is 12.8. The van der Waals surface area contributed by atoms with Gasteiger partial charge in [0.2, 0.25) is 0 Å². The molecule has 0 bridgehead atoms. The lowest BCUT2D eigenvalue weighted by Gasteiger charge is -2.15. The molecule has 1 aromatic carbocycles. The summed E-state index contributed by atoms with van der Waals surface area (Å²) in [5.74, 6) is 1.71. The van der Waals surface area contributed by atoms with Crippen molar-refractivity contribution in [2.75, 3.05) is 23.3 Å². The van der Waals surface area contributed by atoms with Crippen LogP contribution in [0.2, 0.25) is 0 Å². The SMILES string of the molecule is Cl.Cl.NCc1nc(-c2ccc(NC(=O)c3ccc(N4CCCC4)nn3)cc2)n[nH]1. The molecule has 4 rings (SSSR count). The minimum atomic E-state index is -0.300. The third-order valence-electron chi connectivity index (χ3n) is 4.44. The van der Waals surface area contributed by atoms with Crippen LogP contribution in [-0.2, 0) is 6.54 Å². The van der Waals surface area contributed by atoms with Gasteiger partial charge < -0.3 is 16.0 Å². The van der Waals surface area contributed by atoms with Crippen molar-refractivity contribution in [2.45, 2.75) is 19.4 Å². The zero-order chi connectivity index (χ0) is 18.6. The molecule has 4 N–H and O–H groups in total. The highest BCUT2D eigenvalue weighted by atomic mass is 35.5. The Morgan fingerprint density at radius 1 is 1.07 bits per heavy atom. The Balaban J connectivity index is 0.00000150. The summed E-state index contributed by atoms with van der Waals surface area (Å²) in [5.41, 5.74) is 7.29. The summed E-state index contributed by atoms with van der Waals surface area (Å²) in [4.78, 5) is 18.8. The van der Waals surface area contributed by atoms with Gasteiger partial charge in [-0.1, -0.05) is 0 Å². The summed E-state index contributed by atoms with van der Waals surface area (Å²) >= 11 is 0. The topological polar surface area (TPSA) is 126 Å². The molecule has 0 aliphatic carbocycles. The molecule has 3 aromatic rings. The number of anilines is 2. The number of aromatic amines is 1. The van der Waals surface area contributed by atoms with Crippen molar-refractivity contribution in [3.8, 4) is 11.4 Å². The predicted molar refractivity (Wildman–Crippen MR) is 116 cm³/mol.